The molecule has 3 rings (SSSR count). The Balaban J connectivity index is 2.12. The van der Waals surface area contributed by atoms with Gasteiger partial charge >= 0.3 is 11.9 Å². The highest BCUT2D eigenvalue weighted by Gasteiger charge is 2.81. The molecule has 1 heterocycles. The highest BCUT2D eigenvalue weighted by molar-refractivity contribution is 5.73. The van der Waals surface area contributed by atoms with Gasteiger partial charge in [-0.2, -0.15) is 0 Å². The second kappa shape index (κ2) is 6.96. The predicted molar refractivity (Wildman–Crippen MR) is 100 cm³/mol. The predicted octanol–water partition coefficient (Wildman–Crippen LogP) is 1.97. The lowest BCUT2D eigenvalue weighted by Gasteiger charge is -2.67. The van der Waals surface area contributed by atoms with E-state index in [-0.39, 0.29) is 18.9 Å². The van der Waals surface area contributed by atoms with E-state index in [1.807, 2.05) is 6.92 Å². The molecule has 3 aliphatic rings. The average Bonchev–Trinajstić information content (AvgIpc) is 2.79. The fraction of sp³-hybridized carbons (Fsp3) is 0.905. The lowest BCUT2D eigenvalue weighted by Crippen LogP contribution is -2.79. The number of hydrogen-bond acceptors (Lipinski definition) is 7. The first-order valence-electron chi connectivity index (χ1n) is 10.4. The zero-order valence-electron chi connectivity index (χ0n) is 17.6. The molecule has 7 atom stereocenters. The number of rotatable bonds is 6. The van der Waals surface area contributed by atoms with Crippen LogP contribution in [-0.2, 0) is 23.8 Å². The summed E-state index contributed by atoms with van der Waals surface area (Å²) in [6.45, 7) is 9.29. The molecular weight excluding hydrogens is 364 g/mol. The lowest BCUT2D eigenvalue weighted by molar-refractivity contribution is -0.340. The average molecular weight is 398 g/mol. The van der Waals surface area contributed by atoms with E-state index in [9.17, 15) is 19.8 Å². The summed E-state index contributed by atoms with van der Waals surface area (Å²) in [5.74, 6) is -1.00. The number of carbonyl (C=O) groups excluding carboxylic acids is 2. The first-order chi connectivity index (χ1) is 13.0. The van der Waals surface area contributed by atoms with Gasteiger partial charge in [0.1, 0.15) is 23.4 Å². The topological polar surface area (TPSA) is 102 Å². The highest BCUT2D eigenvalue weighted by atomic mass is 16.6. The largest absolute Gasteiger partial charge is 0.459 e. The summed E-state index contributed by atoms with van der Waals surface area (Å²) in [6, 6.07) is 0. The van der Waals surface area contributed by atoms with Gasteiger partial charge in [-0.3, -0.25) is 9.59 Å². The zero-order valence-corrected chi connectivity index (χ0v) is 17.6. The smallest absolute Gasteiger partial charge is 0.306 e. The molecule has 0 radical (unpaired) electrons. The summed E-state index contributed by atoms with van der Waals surface area (Å²) in [5.41, 5.74) is -5.19. The highest BCUT2D eigenvalue weighted by Crippen LogP contribution is 2.70. The number of carbonyl (C=O) groups is 2. The van der Waals surface area contributed by atoms with Crippen molar-refractivity contribution in [2.24, 2.45) is 16.7 Å². The van der Waals surface area contributed by atoms with Crippen LogP contribution in [0.15, 0.2) is 0 Å². The summed E-state index contributed by atoms with van der Waals surface area (Å²) in [7, 11) is 0. The summed E-state index contributed by atoms with van der Waals surface area (Å²) in [4.78, 5) is 24.3. The van der Waals surface area contributed by atoms with E-state index in [1.54, 1.807) is 13.8 Å². The molecule has 2 N–H and O–H groups in total. The van der Waals surface area contributed by atoms with Crippen LogP contribution in [0, 0.1) is 16.7 Å². The fourth-order valence-electron chi connectivity index (χ4n) is 6.05. The first kappa shape index (κ1) is 21.5. The third-order valence-electron chi connectivity index (χ3n) is 7.95. The second-order valence-electron chi connectivity index (χ2n) is 9.40. The maximum atomic E-state index is 12.4. The van der Waals surface area contributed by atoms with E-state index in [0.29, 0.717) is 19.4 Å². The number of esters is 2. The number of hydrogen-bond donors (Lipinski definition) is 2. The van der Waals surface area contributed by atoms with Crippen LogP contribution in [-0.4, -0.2) is 58.8 Å². The van der Waals surface area contributed by atoms with Crippen LogP contribution < -0.4 is 0 Å². The second-order valence-corrected chi connectivity index (χ2v) is 9.40. The SMILES string of the molecule is CCCCOC[C@@]1(C)[C@@]2(O)[C@@H](OC(C)=O)C[C@@H](C)[C@@]23CC(=O)O[C@H](C3)[C@]1(C)O. The van der Waals surface area contributed by atoms with Gasteiger partial charge in [-0.15, -0.1) is 0 Å². The van der Waals surface area contributed by atoms with Crippen molar-refractivity contribution in [2.45, 2.75) is 90.1 Å². The molecule has 3 fully saturated rings. The molecule has 0 aromatic carbocycles. The molecule has 28 heavy (non-hydrogen) atoms. The van der Waals surface area contributed by atoms with Gasteiger partial charge in [0.05, 0.1) is 18.4 Å². The Morgan fingerprint density at radius 2 is 2.00 bits per heavy atom. The van der Waals surface area contributed by atoms with Crippen LogP contribution in [0.4, 0.5) is 0 Å². The minimum absolute atomic E-state index is 0.0412. The maximum Gasteiger partial charge on any atom is 0.306 e. The van der Waals surface area contributed by atoms with Crippen LogP contribution in [0.1, 0.15) is 66.7 Å². The van der Waals surface area contributed by atoms with Crippen LogP contribution in [0.3, 0.4) is 0 Å². The standard InChI is InChI=1S/C21H34O7/c1-6-7-8-26-12-18(4)19(5,24)16-10-20(11-17(23)28-16)13(2)9-15(21(18,20)25)27-14(3)22/h13,15-16,24-25H,6-12H2,1-5H3/t13-,15+,16-,18-,19+,20-,21+/m1/s1. The molecule has 160 valence electrons. The fourth-order valence-corrected chi connectivity index (χ4v) is 6.05. The van der Waals surface area contributed by atoms with E-state index < -0.39 is 46.2 Å². The molecule has 2 saturated carbocycles. The van der Waals surface area contributed by atoms with Crippen molar-refractivity contribution in [3.8, 4) is 0 Å². The zero-order chi connectivity index (χ0) is 21.0. The maximum absolute atomic E-state index is 12.4. The number of ether oxygens (including phenoxy) is 3. The number of fused-ring (bicyclic) bond motifs is 1. The first-order valence-corrected chi connectivity index (χ1v) is 10.4. The van der Waals surface area contributed by atoms with E-state index in [1.165, 1.54) is 6.92 Å². The van der Waals surface area contributed by atoms with Crippen LogP contribution in [0.25, 0.3) is 0 Å². The molecule has 0 aromatic heterocycles. The Hall–Kier alpha value is -1.18. The van der Waals surface area contributed by atoms with Gasteiger partial charge in [0.2, 0.25) is 0 Å². The number of unbranched alkanes of at least 4 members (excludes halogenated alkanes) is 1. The normalized spacial score (nSPS) is 47.4. The van der Waals surface area contributed by atoms with E-state index in [4.69, 9.17) is 14.2 Å². The Bertz CT molecular complexity index is 647. The summed E-state index contributed by atoms with van der Waals surface area (Å²) >= 11 is 0. The van der Waals surface area contributed by atoms with Crippen molar-refractivity contribution in [1.29, 1.82) is 0 Å². The molecule has 0 aromatic rings. The Morgan fingerprint density at radius 1 is 1.32 bits per heavy atom. The Kier molecular flexibility index (Phi) is 5.35. The third kappa shape index (κ3) is 2.66. The van der Waals surface area contributed by atoms with Crippen molar-refractivity contribution >= 4 is 11.9 Å². The Labute approximate surface area is 166 Å². The minimum atomic E-state index is -1.61. The van der Waals surface area contributed by atoms with Gasteiger partial charge in [0.15, 0.2) is 0 Å². The summed E-state index contributed by atoms with van der Waals surface area (Å²) < 4.78 is 17.0. The molecular formula is C21H34O7. The van der Waals surface area contributed by atoms with Crippen molar-refractivity contribution in [3.05, 3.63) is 0 Å². The summed E-state index contributed by atoms with van der Waals surface area (Å²) in [5, 5.41) is 23.9. The molecule has 7 nitrogen and oxygen atoms in total. The van der Waals surface area contributed by atoms with Gasteiger partial charge in [0.25, 0.3) is 0 Å². The van der Waals surface area contributed by atoms with Crippen molar-refractivity contribution in [1.82, 2.24) is 0 Å². The molecule has 7 heteroatoms. The van der Waals surface area contributed by atoms with E-state index >= 15 is 0 Å². The van der Waals surface area contributed by atoms with Crippen molar-refractivity contribution in [3.63, 3.8) is 0 Å². The van der Waals surface area contributed by atoms with Crippen molar-refractivity contribution in [2.75, 3.05) is 13.2 Å². The van der Waals surface area contributed by atoms with Crippen LogP contribution in [0.2, 0.25) is 0 Å². The molecule has 2 bridgehead atoms. The monoisotopic (exact) mass is 398 g/mol. The quantitative estimate of drug-likeness (QED) is 0.521. The minimum Gasteiger partial charge on any atom is -0.459 e. The Morgan fingerprint density at radius 3 is 2.61 bits per heavy atom. The van der Waals surface area contributed by atoms with Gasteiger partial charge in [0, 0.05) is 18.9 Å². The number of aliphatic hydroxyl groups is 2. The van der Waals surface area contributed by atoms with E-state index in [0.717, 1.165) is 12.8 Å². The molecule has 0 amide bonds. The molecule has 1 spiro atoms. The van der Waals surface area contributed by atoms with Gasteiger partial charge in [-0.1, -0.05) is 27.2 Å². The van der Waals surface area contributed by atoms with Crippen LogP contribution in [0.5, 0.6) is 0 Å². The molecule has 2 aliphatic carbocycles. The van der Waals surface area contributed by atoms with Crippen molar-refractivity contribution < 1.29 is 34.0 Å². The van der Waals surface area contributed by atoms with Crippen LogP contribution >= 0.6 is 0 Å². The molecule has 1 aliphatic heterocycles. The van der Waals surface area contributed by atoms with E-state index in [2.05, 4.69) is 6.92 Å². The van der Waals surface area contributed by atoms with Gasteiger partial charge < -0.3 is 24.4 Å². The lowest BCUT2D eigenvalue weighted by atomic mass is 9.44. The van der Waals surface area contributed by atoms with Gasteiger partial charge in [-0.25, -0.2) is 0 Å². The third-order valence-corrected chi connectivity index (χ3v) is 7.95. The van der Waals surface area contributed by atoms with Gasteiger partial charge in [-0.05, 0) is 32.1 Å². The summed E-state index contributed by atoms with van der Waals surface area (Å²) in [6.07, 6.45) is 1.08. The molecule has 0 unspecified atom stereocenters. The molecule has 1 saturated heterocycles.